The van der Waals surface area contributed by atoms with E-state index in [1.807, 2.05) is 95.7 Å². The molecule has 1 N–H and O–H groups in total. The molecule has 4 aromatic rings. The number of aromatic amines is 1. The van der Waals surface area contributed by atoms with Gasteiger partial charge >= 0.3 is 0 Å². The molecule has 0 unspecified atom stereocenters. The van der Waals surface area contributed by atoms with Crippen molar-refractivity contribution >= 4 is 45.2 Å². The fourth-order valence-electron chi connectivity index (χ4n) is 2.99. The maximum absolute atomic E-state index is 13.3. The monoisotopic (exact) mass is 390 g/mol. The molecular weight excluding hydrogens is 372 g/mol. The summed E-state index contributed by atoms with van der Waals surface area (Å²) in [5.41, 5.74) is 3.90. The van der Waals surface area contributed by atoms with Crippen molar-refractivity contribution in [1.29, 1.82) is 0 Å². The van der Waals surface area contributed by atoms with Crippen LogP contribution in [0.15, 0.2) is 84.9 Å². The second-order valence-corrected chi connectivity index (χ2v) is 7.96. The third-order valence-electron chi connectivity index (χ3n) is 4.31. The van der Waals surface area contributed by atoms with Crippen LogP contribution in [0.1, 0.15) is 11.1 Å². The van der Waals surface area contributed by atoms with Crippen LogP contribution in [0.4, 0.5) is 0 Å². The van der Waals surface area contributed by atoms with Crippen LogP contribution < -0.4 is 0 Å². The Labute approximate surface area is 165 Å². The molecule has 0 saturated heterocycles. The highest BCUT2D eigenvalue weighted by molar-refractivity contribution is 7.94. The number of hydrogen-bond acceptors (Lipinski definition) is 2. The van der Waals surface area contributed by atoms with Gasteiger partial charge in [-0.15, -0.1) is 0 Å². The van der Waals surface area contributed by atoms with Gasteiger partial charge in [0.1, 0.15) is 0 Å². The van der Waals surface area contributed by atoms with Crippen molar-refractivity contribution in [3.05, 3.63) is 101 Å². The summed E-state index contributed by atoms with van der Waals surface area (Å²) in [6, 6.07) is 27.6. The Morgan fingerprint density at radius 2 is 1.56 bits per heavy atom. The van der Waals surface area contributed by atoms with Crippen LogP contribution in [0.3, 0.4) is 0 Å². The molecule has 1 heterocycles. The van der Waals surface area contributed by atoms with E-state index in [0.717, 1.165) is 27.1 Å². The number of hydrogen-bond donors (Lipinski definition) is 1. The molecule has 27 heavy (non-hydrogen) atoms. The van der Waals surface area contributed by atoms with Crippen LogP contribution in [0.25, 0.3) is 22.1 Å². The smallest absolute Gasteiger partial charge is 0.182 e. The molecule has 0 saturated carbocycles. The van der Waals surface area contributed by atoms with Crippen molar-refractivity contribution in [3.63, 3.8) is 0 Å². The van der Waals surface area contributed by atoms with Gasteiger partial charge in [0.25, 0.3) is 0 Å². The summed E-state index contributed by atoms with van der Waals surface area (Å²) in [7, 11) is -1.22. The number of benzene rings is 3. The zero-order valence-corrected chi connectivity index (χ0v) is 16.2. The van der Waals surface area contributed by atoms with Crippen LogP contribution in [0, 0.1) is 4.77 Å². The van der Waals surface area contributed by atoms with Crippen molar-refractivity contribution in [3.8, 4) is 0 Å². The van der Waals surface area contributed by atoms with Crippen LogP contribution >= 0.6 is 12.2 Å². The molecule has 3 aromatic carbocycles. The highest BCUT2D eigenvalue weighted by Gasteiger charge is 2.13. The van der Waals surface area contributed by atoms with Gasteiger partial charge in [-0.05, 0) is 35.5 Å². The first-order chi connectivity index (χ1) is 13.2. The van der Waals surface area contributed by atoms with Gasteiger partial charge < -0.3 is 4.98 Å². The Hall–Kier alpha value is -2.76. The van der Waals surface area contributed by atoms with Gasteiger partial charge in [-0.2, -0.15) is 0 Å². The molecule has 0 radical (unpaired) electrons. The van der Waals surface area contributed by atoms with Crippen molar-refractivity contribution < 1.29 is 4.21 Å². The molecule has 4 rings (SSSR count). The number of fused-ring (bicyclic) bond motifs is 1. The normalized spacial score (nSPS) is 13.0. The van der Waals surface area contributed by atoms with Crippen LogP contribution in [-0.2, 0) is 16.6 Å². The Kier molecular flexibility index (Phi) is 5.14. The average molecular weight is 391 g/mol. The quantitative estimate of drug-likeness (QED) is 0.450. The average Bonchev–Trinajstić information content (AvgIpc) is 3.02. The molecule has 0 spiro atoms. The molecule has 5 heteroatoms. The minimum Gasteiger partial charge on any atom is -0.330 e. The van der Waals surface area contributed by atoms with Gasteiger partial charge in [0.15, 0.2) is 4.77 Å². The van der Waals surface area contributed by atoms with E-state index in [0.29, 0.717) is 10.5 Å². The third-order valence-corrected chi connectivity index (χ3v) is 6.04. The first-order valence-electron chi connectivity index (χ1n) is 8.61. The molecule has 0 aliphatic rings. The maximum atomic E-state index is 13.3. The van der Waals surface area contributed by atoms with Crippen LogP contribution in [-0.4, -0.2) is 13.8 Å². The van der Waals surface area contributed by atoms with Crippen LogP contribution in [0.2, 0.25) is 0 Å². The van der Waals surface area contributed by atoms with E-state index >= 15 is 0 Å². The summed E-state index contributed by atoms with van der Waals surface area (Å²) in [5.74, 6) is 0.456. The molecule has 134 valence electrons. The van der Waals surface area contributed by atoms with E-state index in [2.05, 4.69) is 4.98 Å². The number of H-pyrrole nitrogens is 1. The van der Waals surface area contributed by atoms with Crippen LogP contribution in [0.5, 0.6) is 0 Å². The molecule has 0 aliphatic carbocycles. The van der Waals surface area contributed by atoms with E-state index < -0.39 is 10.8 Å². The second kappa shape index (κ2) is 7.86. The third kappa shape index (κ3) is 3.84. The summed E-state index contributed by atoms with van der Waals surface area (Å²) in [6.07, 6.45) is 1.90. The summed E-state index contributed by atoms with van der Waals surface area (Å²) in [5, 5.41) is 0. The van der Waals surface area contributed by atoms with Gasteiger partial charge in [-0.25, -0.2) is 0 Å². The number of nitrogens with one attached hydrogen (secondary N) is 1. The summed E-state index contributed by atoms with van der Waals surface area (Å²) in [6.45, 7) is 0. The lowest BCUT2D eigenvalue weighted by atomic mass is 10.2. The van der Waals surface area contributed by atoms with E-state index in [4.69, 9.17) is 12.2 Å². The van der Waals surface area contributed by atoms with Crippen molar-refractivity contribution in [2.24, 2.45) is 0 Å². The Morgan fingerprint density at radius 3 is 2.30 bits per heavy atom. The summed E-state index contributed by atoms with van der Waals surface area (Å²) >= 11 is 5.50. The van der Waals surface area contributed by atoms with E-state index in [1.165, 1.54) is 0 Å². The number of para-hydroxylation sites is 2. The second-order valence-electron chi connectivity index (χ2n) is 6.15. The first-order valence-corrected chi connectivity index (χ1v) is 10.3. The summed E-state index contributed by atoms with van der Waals surface area (Å²) in [4.78, 5) is 3.96. The van der Waals surface area contributed by atoms with Gasteiger partial charge in [0.2, 0.25) is 0 Å². The predicted molar refractivity (Wildman–Crippen MR) is 116 cm³/mol. The number of rotatable bonds is 5. The standard InChI is InChI=1S/C22H18N2OS2/c25-27(16-17-9-3-1-4-10-17)21(18-11-5-2-6-12-18)15-24-20-14-8-7-13-19(20)23-22(24)26/h1-15H,16H2,(H,23,26)/b21-15-/t27-/m0/s1. The van der Waals surface area contributed by atoms with E-state index in [-0.39, 0.29) is 0 Å². The Bertz CT molecular complexity index is 1180. The fraction of sp³-hybridized carbons (Fsp3) is 0.0455. The maximum Gasteiger partial charge on any atom is 0.182 e. The molecule has 1 aromatic heterocycles. The van der Waals surface area contributed by atoms with Gasteiger partial charge in [-0.1, -0.05) is 72.8 Å². The first kappa shape index (κ1) is 17.6. The van der Waals surface area contributed by atoms with Crippen molar-refractivity contribution in [2.75, 3.05) is 0 Å². The number of aromatic nitrogens is 2. The van der Waals surface area contributed by atoms with E-state index in [1.54, 1.807) is 0 Å². The largest absolute Gasteiger partial charge is 0.330 e. The van der Waals surface area contributed by atoms with Gasteiger partial charge in [0, 0.05) is 6.20 Å². The zero-order valence-electron chi connectivity index (χ0n) is 14.5. The predicted octanol–water partition coefficient (Wildman–Crippen LogP) is 5.60. The Balaban J connectivity index is 1.83. The van der Waals surface area contributed by atoms with E-state index in [9.17, 15) is 4.21 Å². The molecule has 0 bridgehead atoms. The highest BCUT2D eigenvalue weighted by Crippen LogP contribution is 2.24. The van der Waals surface area contributed by atoms with Crippen molar-refractivity contribution in [2.45, 2.75) is 5.75 Å². The SMILES string of the molecule is O=[S@@](Cc1ccccc1)/C(=C\n1c(=S)[nH]c2ccccc21)c1ccccc1. The Morgan fingerprint density at radius 1 is 0.926 bits per heavy atom. The molecule has 0 fully saturated rings. The lowest BCUT2D eigenvalue weighted by molar-refractivity contribution is 0.688. The van der Waals surface area contributed by atoms with Gasteiger partial charge in [0.05, 0.1) is 32.5 Å². The minimum absolute atomic E-state index is 0.456. The van der Waals surface area contributed by atoms with Crippen molar-refractivity contribution in [1.82, 2.24) is 9.55 Å². The lowest BCUT2D eigenvalue weighted by Gasteiger charge is -2.09. The number of nitrogens with zero attached hydrogens (tertiary/aromatic N) is 1. The molecule has 1 atom stereocenters. The molecule has 0 aliphatic heterocycles. The molecule has 3 nitrogen and oxygen atoms in total. The fourth-order valence-corrected chi connectivity index (χ4v) is 4.52. The summed E-state index contributed by atoms with van der Waals surface area (Å²) < 4.78 is 15.8. The molecule has 0 amide bonds. The number of imidazole rings is 1. The highest BCUT2D eigenvalue weighted by atomic mass is 32.2. The van der Waals surface area contributed by atoms with Gasteiger partial charge in [-0.3, -0.25) is 8.78 Å². The lowest BCUT2D eigenvalue weighted by Crippen LogP contribution is -2.01. The minimum atomic E-state index is -1.22. The zero-order chi connectivity index (χ0) is 18.6. The molecular formula is C22H18N2OS2. The topological polar surface area (TPSA) is 37.8 Å².